The second-order valence-corrected chi connectivity index (χ2v) is 7.15. The van der Waals surface area contributed by atoms with Crippen molar-refractivity contribution in [1.82, 2.24) is 14.3 Å². The van der Waals surface area contributed by atoms with Gasteiger partial charge in [-0.1, -0.05) is 74.9 Å². The van der Waals surface area contributed by atoms with Crippen molar-refractivity contribution in [3.63, 3.8) is 0 Å². The van der Waals surface area contributed by atoms with Crippen LogP contribution in [-0.4, -0.2) is 14.3 Å². The van der Waals surface area contributed by atoms with E-state index in [1.54, 1.807) is 4.68 Å². The molecule has 0 spiro atoms. The average Bonchev–Trinajstić information content (AvgIpc) is 3.02. The van der Waals surface area contributed by atoms with Crippen molar-refractivity contribution in [3.05, 3.63) is 76.5 Å². The monoisotopic (exact) mass is 363 g/mol. The summed E-state index contributed by atoms with van der Waals surface area (Å²) >= 11 is 0. The molecule has 0 aliphatic heterocycles. The average molecular weight is 364 g/mol. The van der Waals surface area contributed by atoms with Crippen molar-refractivity contribution in [2.45, 2.75) is 59.0 Å². The van der Waals surface area contributed by atoms with Crippen LogP contribution in [0.2, 0.25) is 0 Å². The Hall–Kier alpha value is -2.62. The van der Waals surface area contributed by atoms with Crippen molar-refractivity contribution in [2.75, 3.05) is 0 Å². The van der Waals surface area contributed by atoms with E-state index < -0.39 is 0 Å². The molecule has 0 saturated carbocycles. The highest BCUT2D eigenvalue weighted by atomic mass is 16.2. The van der Waals surface area contributed by atoms with Crippen LogP contribution in [0.1, 0.15) is 57.5 Å². The van der Waals surface area contributed by atoms with Gasteiger partial charge in [-0.05, 0) is 36.5 Å². The molecule has 142 valence electrons. The van der Waals surface area contributed by atoms with Gasteiger partial charge >= 0.3 is 5.69 Å². The molecule has 1 heterocycles. The zero-order valence-corrected chi connectivity index (χ0v) is 16.6. The summed E-state index contributed by atoms with van der Waals surface area (Å²) in [5, 5.41) is 4.65. The largest absolute Gasteiger partial charge is 0.346 e. The summed E-state index contributed by atoms with van der Waals surface area (Å²) in [4.78, 5) is 12.9. The fourth-order valence-electron chi connectivity index (χ4n) is 3.21. The van der Waals surface area contributed by atoms with Crippen LogP contribution in [0.4, 0.5) is 0 Å². The molecular formula is C23H29N3O. The van der Waals surface area contributed by atoms with Crippen LogP contribution in [-0.2, 0) is 13.0 Å². The Balaban J connectivity index is 1.87. The Morgan fingerprint density at radius 1 is 0.963 bits per heavy atom. The minimum absolute atomic E-state index is 0.00240. The van der Waals surface area contributed by atoms with E-state index in [4.69, 9.17) is 0 Å². The summed E-state index contributed by atoms with van der Waals surface area (Å²) < 4.78 is 3.50. The smallest absolute Gasteiger partial charge is 0.274 e. The van der Waals surface area contributed by atoms with E-state index >= 15 is 0 Å². The zero-order chi connectivity index (χ0) is 19.2. The Morgan fingerprint density at radius 2 is 1.63 bits per heavy atom. The van der Waals surface area contributed by atoms with E-state index in [0.717, 1.165) is 37.1 Å². The maximum Gasteiger partial charge on any atom is 0.346 e. The molecule has 0 radical (unpaired) electrons. The second-order valence-electron chi connectivity index (χ2n) is 7.15. The Labute approximate surface area is 161 Å². The third kappa shape index (κ3) is 4.38. The first-order valence-electron chi connectivity index (χ1n) is 9.96. The predicted molar refractivity (Wildman–Crippen MR) is 111 cm³/mol. The van der Waals surface area contributed by atoms with Gasteiger partial charge in [0.15, 0.2) is 0 Å². The van der Waals surface area contributed by atoms with E-state index in [1.165, 1.54) is 11.1 Å². The van der Waals surface area contributed by atoms with E-state index in [-0.39, 0.29) is 11.7 Å². The molecule has 0 N–H and O–H groups in total. The first-order valence-corrected chi connectivity index (χ1v) is 9.96. The van der Waals surface area contributed by atoms with Crippen LogP contribution in [0, 0.1) is 0 Å². The van der Waals surface area contributed by atoms with Gasteiger partial charge < -0.3 is 0 Å². The number of rotatable bonds is 8. The Kier molecular flexibility index (Phi) is 6.28. The minimum atomic E-state index is 0.00240. The third-order valence-corrected chi connectivity index (χ3v) is 5.13. The molecule has 3 rings (SSSR count). The molecule has 4 heteroatoms. The van der Waals surface area contributed by atoms with Gasteiger partial charge in [0.05, 0.1) is 12.6 Å². The molecule has 1 aromatic heterocycles. The van der Waals surface area contributed by atoms with E-state index in [9.17, 15) is 4.79 Å². The van der Waals surface area contributed by atoms with Crippen LogP contribution < -0.4 is 5.69 Å². The zero-order valence-electron chi connectivity index (χ0n) is 16.6. The fourth-order valence-corrected chi connectivity index (χ4v) is 3.21. The molecule has 1 atom stereocenters. The highest BCUT2D eigenvalue weighted by molar-refractivity contribution is 5.63. The molecule has 3 aromatic rings. The van der Waals surface area contributed by atoms with Crippen LogP contribution in [0.5, 0.6) is 0 Å². The molecular weight excluding hydrogens is 334 g/mol. The molecule has 0 fully saturated rings. The van der Waals surface area contributed by atoms with Gasteiger partial charge in [-0.25, -0.2) is 9.48 Å². The van der Waals surface area contributed by atoms with Gasteiger partial charge in [-0.2, -0.15) is 5.10 Å². The lowest BCUT2D eigenvalue weighted by Crippen LogP contribution is -2.27. The summed E-state index contributed by atoms with van der Waals surface area (Å²) in [7, 11) is 0. The number of hydrogen-bond donors (Lipinski definition) is 0. The second kappa shape index (κ2) is 8.85. The topological polar surface area (TPSA) is 39.8 Å². The summed E-state index contributed by atoms with van der Waals surface area (Å²) in [6, 6.07) is 18.9. The van der Waals surface area contributed by atoms with Crippen molar-refractivity contribution < 1.29 is 0 Å². The number of nitrogens with zero attached hydrogens (tertiary/aromatic N) is 3. The van der Waals surface area contributed by atoms with Crippen molar-refractivity contribution in [3.8, 4) is 11.1 Å². The Morgan fingerprint density at radius 3 is 2.26 bits per heavy atom. The highest BCUT2D eigenvalue weighted by Gasteiger charge is 2.16. The number of aromatic nitrogens is 3. The molecule has 27 heavy (non-hydrogen) atoms. The molecule has 4 nitrogen and oxygen atoms in total. The molecule has 0 aliphatic rings. The first-order chi connectivity index (χ1) is 13.1. The van der Waals surface area contributed by atoms with Crippen LogP contribution >= 0.6 is 0 Å². The summed E-state index contributed by atoms with van der Waals surface area (Å²) in [5.41, 5.74) is 3.52. The lowest BCUT2D eigenvalue weighted by Gasteiger charge is -2.08. The van der Waals surface area contributed by atoms with Gasteiger partial charge in [0.1, 0.15) is 5.82 Å². The molecule has 0 amide bonds. The van der Waals surface area contributed by atoms with Gasteiger partial charge in [0.2, 0.25) is 0 Å². The van der Waals surface area contributed by atoms with E-state index in [0.29, 0.717) is 6.54 Å². The number of hydrogen-bond acceptors (Lipinski definition) is 2. The molecule has 1 unspecified atom stereocenters. The minimum Gasteiger partial charge on any atom is -0.274 e. The molecule has 2 aromatic carbocycles. The Bertz CT molecular complexity index is 907. The number of unbranched alkanes of at least 4 members (excludes halogenated alkanes) is 1. The summed E-state index contributed by atoms with van der Waals surface area (Å²) in [6.45, 7) is 6.88. The maximum atomic E-state index is 12.9. The lowest BCUT2D eigenvalue weighted by molar-refractivity contribution is 0.456. The van der Waals surface area contributed by atoms with Crippen LogP contribution in [0.25, 0.3) is 11.1 Å². The lowest BCUT2D eigenvalue weighted by atomic mass is 10.0. The third-order valence-electron chi connectivity index (χ3n) is 5.13. The normalized spacial score (nSPS) is 12.3. The quantitative estimate of drug-likeness (QED) is 0.560. The van der Waals surface area contributed by atoms with Gasteiger partial charge in [0, 0.05) is 6.42 Å². The molecule has 0 aliphatic carbocycles. The van der Waals surface area contributed by atoms with Crippen molar-refractivity contribution in [1.29, 1.82) is 0 Å². The van der Waals surface area contributed by atoms with Gasteiger partial charge in [-0.15, -0.1) is 0 Å². The number of benzene rings is 2. The van der Waals surface area contributed by atoms with E-state index in [1.807, 2.05) is 22.8 Å². The highest BCUT2D eigenvalue weighted by Crippen LogP contribution is 2.20. The van der Waals surface area contributed by atoms with Crippen molar-refractivity contribution >= 4 is 0 Å². The first kappa shape index (κ1) is 19.2. The molecule has 0 saturated heterocycles. The molecule has 0 bridgehead atoms. The van der Waals surface area contributed by atoms with Gasteiger partial charge in [-0.3, -0.25) is 4.57 Å². The van der Waals surface area contributed by atoms with Crippen molar-refractivity contribution in [2.24, 2.45) is 0 Å². The standard InChI is InChI=1S/C23H29N3O/c1-4-6-12-22-24-26(18(3)5-2)23(27)25(22)17-19-13-15-21(16-14-19)20-10-8-7-9-11-20/h7-11,13-16,18H,4-6,12,17H2,1-3H3. The predicted octanol–water partition coefficient (Wildman–Crippen LogP) is 5.07. The SMILES string of the molecule is CCCCc1nn(C(C)CC)c(=O)n1Cc1ccc(-c2ccccc2)cc1. The summed E-state index contributed by atoms with van der Waals surface area (Å²) in [6.07, 6.45) is 3.88. The summed E-state index contributed by atoms with van der Waals surface area (Å²) in [5.74, 6) is 0.897. The van der Waals surface area contributed by atoms with Crippen LogP contribution in [0.3, 0.4) is 0 Å². The van der Waals surface area contributed by atoms with E-state index in [2.05, 4.69) is 62.3 Å². The maximum absolute atomic E-state index is 12.9. The van der Waals surface area contributed by atoms with Gasteiger partial charge in [0.25, 0.3) is 0 Å². The number of aryl methyl sites for hydroxylation is 1. The fraction of sp³-hybridized carbons (Fsp3) is 0.391. The van der Waals surface area contributed by atoms with Crippen LogP contribution in [0.15, 0.2) is 59.4 Å².